The molecule has 0 spiro atoms. The van der Waals surface area contributed by atoms with Gasteiger partial charge < -0.3 is 10.2 Å². The normalized spacial score (nSPS) is 11.0. The summed E-state index contributed by atoms with van der Waals surface area (Å²) in [6.07, 6.45) is 2.67. The molecule has 3 nitrogen and oxygen atoms in total. The van der Waals surface area contributed by atoms with Crippen LogP contribution in [0, 0.1) is 5.82 Å². The van der Waals surface area contributed by atoms with Gasteiger partial charge in [0.1, 0.15) is 5.82 Å². The summed E-state index contributed by atoms with van der Waals surface area (Å²) < 4.78 is 13.9. The molecule has 112 valence electrons. The molecule has 0 fully saturated rings. The minimum Gasteiger partial charge on any atom is -0.316 e. The average Bonchev–Trinajstić information content (AvgIpc) is 2.50. The van der Waals surface area contributed by atoms with Gasteiger partial charge in [-0.05, 0) is 37.9 Å². The first kappa shape index (κ1) is 15.6. The van der Waals surface area contributed by atoms with Gasteiger partial charge >= 0.3 is 0 Å². The maximum atomic E-state index is 13.9. The summed E-state index contributed by atoms with van der Waals surface area (Å²) in [6.45, 7) is 2.22. The smallest absolute Gasteiger partial charge is 0.127 e. The Morgan fingerprint density at radius 2 is 2.10 bits per heavy atom. The van der Waals surface area contributed by atoms with Crippen molar-refractivity contribution in [1.29, 1.82) is 0 Å². The fourth-order valence-corrected chi connectivity index (χ4v) is 2.28. The largest absolute Gasteiger partial charge is 0.316 e. The van der Waals surface area contributed by atoms with E-state index in [-0.39, 0.29) is 5.82 Å². The molecule has 0 radical (unpaired) electrons. The zero-order valence-corrected chi connectivity index (χ0v) is 12.6. The van der Waals surface area contributed by atoms with E-state index in [1.54, 1.807) is 12.3 Å². The second kappa shape index (κ2) is 7.86. The van der Waals surface area contributed by atoms with E-state index in [1.165, 1.54) is 0 Å². The Bertz CT molecular complexity index is 557. The van der Waals surface area contributed by atoms with Crippen LogP contribution in [0.25, 0.3) is 0 Å². The van der Waals surface area contributed by atoms with Crippen molar-refractivity contribution in [3.8, 4) is 0 Å². The average molecular weight is 287 g/mol. The summed E-state index contributed by atoms with van der Waals surface area (Å²) in [6, 6.07) is 11.2. The zero-order chi connectivity index (χ0) is 15.1. The highest BCUT2D eigenvalue weighted by Crippen LogP contribution is 2.13. The van der Waals surface area contributed by atoms with Crippen LogP contribution in [-0.2, 0) is 19.5 Å². The minimum atomic E-state index is -0.139. The Morgan fingerprint density at radius 3 is 2.81 bits per heavy atom. The van der Waals surface area contributed by atoms with E-state index in [4.69, 9.17) is 0 Å². The Kier molecular flexibility index (Phi) is 5.84. The summed E-state index contributed by atoms with van der Waals surface area (Å²) in [4.78, 5) is 6.43. The topological polar surface area (TPSA) is 28.2 Å². The first-order valence-corrected chi connectivity index (χ1v) is 7.19. The van der Waals surface area contributed by atoms with Crippen LogP contribution in [0.5, 0.6) is 0 Å². The second-order valence-electron chi connectivity index (χ2n) is 5.26. The maximum Gasteiger partial charge on any atom is 0.127 e. The van der Waals surface area contributed by atoms with Crippen LogP contribution in [0.15, 0.2) is 42.6 Å². The lowest BCUT2D eigenvalue weighted by atomic mass is 10.1. The third-order valence-electron chi connectivity index (χ3n) is 3.41. The van der Waals surface area contributed by atoms with Gasteiger partial charge in [0.2, 0.25) is 0 Å². The van der Waals surface area contributed by atoms with Gasteiger partial charge in [-0.1, -0.05) is 18.2 Å². The molecule has 0 aliphatic rings. The molecule has 21 heavy (non-hydrogen) atoms. The molecule has 0 unspecified atom stereocenters. The van der Waals surface area contributed by atoms with Gasteiger partial charge in [-0.3, -0.25) is 4.98 Å². The fourth-order valence-electron chi connectivity index (χ4n) is 2.28. The van der Waals surface area contributed by atoms with Crippen LogP contribution in [0.4, 0.5) is 4.39 Å². The van der Waals surface area contributed by atoms with E-state index in [9.17, 15) is 4.39 Å². The van der Waals surface area contributed by atoms with Crippen molar-refractivity contribution >= 4 is 0 Å². The molecule has 1 heterocycles. The van der Waals surface area contributed by atoms with E-state index in [0.717, 1.165) is 36.3 Å². The standard InChI is InChI=1S/C17H22FN3/c1-19-12-14-6-7-17(18)15(11-14)13-21(2)10-8-16-5-3-4-9-20-16/h3-7,9,11,19H,8,10,12-13H2,1-2H3. The molecule has 0 aliphatic heterocycles. The number of nitrogens with zero attached hydrogens (tertiary/aromatic N) is 2. The van der Waals surface area contributed by atoms with E-state index >= 15 is 0 Å². The lowest BCUT2D eigenvalue weighted by molar-refractivity contribution is 0.324. The number of rotatable bonds is 7. The first-order valence-electron chi connectivity index (χ1n) is 7.19. The van der Waals surface area contributed by atoms with Crippen LogP contribution in [0.2, 0.25) is 0 Å². The summed E-state index contributed by atoms with van der Waals surface area (Å²) >= 11 is 0. The van der Waals surface area contributed by atoms with Gasteiger partial charge in [0, 0.05) is 43.5 Å². The van der Waals surface area contributed by atoms with Gasteiger partial charge in [-0.25, -0.2) is 4.39 Å². The van der Waals surface area contributed by atoms with E-state index in [0.29, 0.717) is 6.54 Å². The van der Waals surface area contributed by atoms with Gasteiger partial charge in [0.05, 0.1) is 0 Å². The van der Waals surface area contributed by atoms with Crippen LogP contribution in [0.3, 0.4) is 0 Å². The monoisotopic (exact) mass is 287 g/mol. The van der Waals surface area contributed by atoms with Crippen molar-refractivity contribution in [2.24, 2.45) is 0 Å². The van der Waals surface area contributed by atoms with E-state index in [2.05, 4.69) is 15.2 Å². The van der Waals surface area contributed by atoms with Gasteiger partial charge in [-0.2, -0.15) is 0 Å². The van der Waals surface area contributed by atoms with Crippen molar-refractivity contribution in [2.45, 2.75) is 19.5 Å². The van der Waals surface area contributed by atoms with Crippen molar-refractivity contribution in [1.82, 2.24) is 15.2 Å². The Hall–Kier alpha value is -1.78. The highest BCUT2D eigenvalue weighted by molar-refractivity contribution is 5.25. The molecule has 0 bridgehead atoms. The van der Waals surface area contributed by atoms with Crippen LogP contribution in [0.1, 0.15) is 16.8 Å². The number of nitrogens with one attached hydrogen (secondary N) is 1. The maximum absolute atomic E-state index is 13.9. The van der Waals surface area contributed by atoms with Crippen LogP contribution >= 0.6 is 0 Å². The molecular weight excluding hydrogens is 265 g/mol. The van der Waals surface area contributed by atoms with Gasteiger partial charge in [0.25, 0.3) is 0 Å². The molecule has 1 N–H and O–H groups in total. The zero-order valence-electron chi connectivity index (χ0n) is 12.6. The van der Waals surface area contributed by atoms with Crippen molar-refractivity contribution in [3.05, 3.63) is 65.2 Å². The molecular formula is C17H22FN3. The lowest BCUT2D eigenvalue weighted by Gasteiger charge is -2.17. The van der Waals surface area contributed by atoms with Gasteiger partial charge in [-0.15, -0.1) is 0 Å². The van der Waals surface area contributed by atoms with Crippen LogP contribution in [-0.4, -0.2) is 30.5 Å². The Labute approximate surface area is 125 Å². The molecule has 0 atom stereocenters. The number of hydrogen-bond donors (Lipinski definition) is 1. The SMILES string of the molecule is CNCc1ccc(F)c(CN(C)CCc2ccccn2)c1. The van der Waals surface area contributed by atoms with Crippen molar-refractivity contribution in [3.63, 3.8) is 0 Å². The molecule has 0 aliphatic carbocycles. The fraction of sp³-hybridized carbons (Fsp3) is 0.353. The van der Waals surface area contributed by atoms with E-state index < -0.39 is 0 Å². The highest BCUT2D eigenvalue weighted by Gasteiger charge is 2.07. The lowest BCUT2D eigenvalue weighted by Crippen LogP contribution is -2.22. The summed E-state index contributed by atoms with van der Waals surface area (Å²) in [5, 5.41) is 3.09. The quantitative estimate of drug-likeness (QED) is 0.848. The molecule has 2 aromatic rings. The van der Waals surface area contributed by atoms with Crippen molar-refractivity contribution < 1.29 is 4.39 Å². The number of aromatic nitrogens is 1. The van der Waals surface area contributed by atoms with Gasteiger partial charge in [0.15, 0.2) is 0 Å². The predicted octanol–water partition coefficient (Wildman–Crippen LogP) is 2.61. The second-order valence-corrected chi connectivity index (χ2v) is 5.26. The molecule has 2 rings (SSSR count). The molecule has 1 aromatic carbocycles. The first-order chi connectivity index (χ1) is 10.2. The Morgan fingerprint density at radius 1 is 1.24 bits per heavy atom. The summed E-state index contributed by atoms with van der Waals surface area (Å²) in [5.41, 5.74) is 2.91. The molecule has 0 amide bonds. The van der Waals surface area contributed by atoms with E-state index in [1.807, 2.05) is 44.4 Å². The number of halogens is 1. The molecule has 4 heteroatoms. The number of hydrogen-bond acceptors (Lipinski definition) is 3. The third-order valence-corrected chi connectivity index (χ3v) is 3.41. The molecule has 0 saturated heterocycles. The minimum absolute atomic E-state index is 0.139. The summed E-state index contributed by atoms with van der Waals surface area (Å²) in [5.74, 6) is -0.139. The molecule has 1 aromatic heterocycles. The number of benzene rings is 1. The van der Waals surface area contributed by atoms with Crippen molar-refractivity contribution in [2.75, 3.05) is 20.6 Å². The predicted molar refractivity (Wildman–Crippen MR) is 83.4 cm³/mol. The van der Waals surface area contributed by atoms with Crippen LogP contribution < -0.4 is 5.32 Å². The number of pyridine rings is 1. The number of likely N-dealkylation sites (N-methyl/N-ethyl adjacent to an activating group) is 1. The summed E-state index contributed by atoms with van der Waals surface area (Å²) in [7, 11) is 3.90. The third kappa shape index (κ3) is 4.92. The highest BCUT2D eigenvalue weighted by atomic mass is 19.1. The Balaban J connectivity index is 1.92. The molecule has 0 saturated carbocycles.